The van der Waals surface area contributed by atoms with E-state index in [2.05, 4.69) is 15.3 Å². The minimum absolute atomic E-state index is 0.0137. The molecule has 54 heavy (non-hydrogen) atoms. The van der Waals surface area contributed by atoms with Crippen molar-refractivity contribution in [2.24, 2.45) is 5.41 Å². The van der Waals surface area contributed by atoms with E-state index in [1.807, 2.05) is 30.3 Å². The Kier molecular flexibility index (Phi) is 12.4. The minimum atomic E-state index is -4.99. The van der Waals surface area contributed by atoms with Gasteiger partial charge in [0.1, 0.15) is 18.5 Å². The second-order valence-corrected chi connectivity index (χ2v) is 15.5. The third kappa shape index (κ3) is 9.99. The zero-order chi connectivity index (χ0) is 39.3. The van der Waals surface area contributed by atoms with Crippen LogP contribution in [0.25, 0.3) is 0 Å². The average Bonchev–Trinajstić information content (AvgIpc) is 3.48. The monoisotopic (exact) mass is 792 g/mol. The van der Waals surface area contributed by atoms with E-state index in [4.69, 9.17) is 31.2 Å². The van der Waals surface area contributed by atoms with Gasteiger partial charge in [-0.05, 0) is 62.3 Å². The molecule has 0 aliphatic carbocycles. The molecule has 13 nitrogen and oxygen atoms in total. The Morgan fingerprint density at radius 1 is 1.11 bits per heavy atom. The molecule has 0 saturated carbocycles. The van der Waals surface area contributed by atoms with Gasteiger partial charge in [-0.25, -0.2) is 23.0 Å². The first-order chi connectivity index (χ1) is 25.5. The van der Waals surface area contributed by atoms with Gasteiger partial charge in [0.15, 0.2) is 0 Å². The van der Waals surface area contributed by atoms with Crippen molar-refractivity contribution in [3.05, 3.63) is 83.0 Å². The molecular weight excluding hydrogens is 753 g/mol. The van der Waals surface area contributed by atoms with Gasteiger partial charge in [-0.3, -0.25) is 4.90 Å². The summed E-state index contributed by atoms with van der Waals surface area (Å²) in [5.41, 5.74) is -0.0390. The molecule has 2 atom stereocenters. The molecule has 1 spiro atoms. The molecule has 2 N–H and O–H groups in total. The highest BCUT2D eigenvalue weighted by Gasteiger charge is 2.51. The summed E-state index contributed by atoms with van der Waals surface area (Å²) in [4.78, 5) is 37.4. The maximum Gasteiger partial charge on any atom is 0.429 e. The highest BCUT2D eigenvalue weighted by atomic mass is 35.5. The second kappa shape index (κ2) is 16.6. The molecule has 3 heterocycles. The van der Waals surface area contributed by atoms with E-state index in [9.17, 15) is 31.2 Å². The third-order valence-corrected chi connectivity index (χ3v) is 10.1. The number of amides is 1. The maximum absolute atomic E-state index is 14.7. The predicted molar refractivity (Wildman–Crippen MR) is 194 cm³/mol. The summed E-state index contributed by atoms with van der Waals surface area (Å²) in [6, 6.07) is 13.0. The number of esters is 1. The van der Waals surface area contributed by atoms with Crippen molar-refractivity contribution in [2.45, 2.75) is 63.2 Å². The van der Waals surface area contributed by atoms with Crippen molar-refractivity contribution in [3.63, 3.8) is 0 Å². The Labute approximate surface area is 315 Å². The van der Waals surface area contributed by atoms with Gasteiger partial charge in [0.05, 0.1) is 6.61 Å². The van der Waals surface area contributed by atoms with Crippen molar-refractivity contribution in [1.82, 2.24) is 14.9 Å². The fourth-order valence-electron chi connectivity index (χ4n) is 6.42. The van der Waals surface area contributed by atoms with Gasteiger partial charge < -0.3 is 29.8 Å². The van der Waals surface area contributed by atoms with Crippen LogP contribution in [0, 0.1) is 10.8 Å². The van der Waals surface area contributed by atoms with Crippen LogP contribution in [0.1, 0.15) is 50.3 Å². The predicted octanol–water partition coefficient (Wildman–Crippen LogP) is 6.74. The lowest BCUT2D eigenvalue weighted by molar-refractivity contribution is -0.198. The third-order valence-electron chi connectivity index (χ3n) is 9.06. The van der Waals surface area contributed by atoms with E-state index in [1.165, 1.54) is 36.2 Å². The normalized spacial score (nSPS) is 17.7. The molecule has 1 amide bonds. The van der Waals surface area contributed by atoms with Crippen molar-refractivity contribution in [2.75, 3.05) is 42.7 Å². The summed E-state index contributed by atoms with van der Waals surface area (Å²) in [5.74, 6) is -1.16. The summed E-state index contributed by atoms with van der Waals surface area (Å²) in [6.45, 7) is 4.01. The fourth-order valence-corrected chi connectivity index (χ4v) is 7.11. The van der Waals surface area contributed by atoms with Gasteiger partial charge in [0.25, 0.3) is 5.16 Å². The van der Waals surface area contributed by atoms with Gasteiger partial charge >= 0.3 is 18.2 Å². The van der Waals surface area contributed by atoms with Gasteiger partial charge in [-0.1, -0.05) is 48.0 Å². The van der Waals surface area contributed by atoms with Crippen LogP contribution in [0.3, 0.4) is 0 Å². The van der Waals surface area contributed by atoms with Crippen molar-refractivity contribution < 1.29 is 45.4 Å². The molecule has 3 aromatic rings. The number of likely N-dealkylation sites (tertiary alicyclic amines) is 1. The molecule has 290 valence electrons. The molecule has 2 saturated heterocycles. The highest BCUT2D eigenvalue weighted by molar-refractivity contribution is 7.90. The van der Waals surface area contributed by atoms with E-state index in [0.29, 0.717) is 19.3 Å². The molecule has 2 aliphatic heterocycles. The van der Waals surface area contributed by atoms with Crippen LogP contribution in [0.5, 0.6) is 5.88 Å². The van der Waals surface area contributed by atoms with Gasteiger partial charge in [0.2, 0.25) is 21.8 Å². The Bertz CT molecular complexity index is 1990. The molecule has 0 radical (unpaired) electrons. The Balaban J connectivity index is 1.39. The van der Waals surface area contributed by atoms with Crippen molar-refractivity contribution in [1.29, 1.82) is 5.41 Å². The number of rotatable bonds is 12. The number of anilines is 2. The fraction of sp³-hybridized carbons (Fsp3) is 0.417. The quantitative estimate of drug-likeness (QED) is 0.113. The average molecular weight is 793 g/mol. The van der Waals surface area contributed by atoms with Gasteiger partial charge in [0, 0.05) is 60.1 Å². The van der Waals surface area contributed by atoms with Crippen LogP contribution < -0.4 is 15.0 Å². The number of nitrogens with one attached hydrogen (secondary N) is 2. The summed E-state index contributed by atoms with van der Waals surface area (Å²) in [6.07, 6.45) is -3.67. The highest BCUT2D eigenvalue weighted by Crippen LogP contribution is 2.45. The van der Waals surface area contributed by atoms with E-state index in [0.717, 1.165) is 24.0 Å². The van der Waals surface area contributed by atoms with Gasteiger partial charge in [-0.15, -0.1) is 0 Å². The lowest BCUT2D eigenvalue weighted by Gasteiger charge is -2.39. The number of ether oxygens (including phenoxy) is 3. The zero-order valence-electron chi connectivity index (χ0n) is 29.7. The number of hydrogen-bond donors (Lipinski definition) is 2. The number of halogens is 4. The van der Waals surface area contributed by atoms with Crippen LogP contribution >= 0.6 is 11.6 Å². The lowest BCUT2D eigenvalue weighted by atomic mass is 9.76. The number of sulfone groups is 1. The summed E-state index contributed by atoms with van der Waals surface area (Å²) in [7, 11) is -4.12. The number of alkyl halides is 3. The number of allylic oxidation sites excluding steroid dienone is 1. The number of carbonyl (C=O) groups excluding carboxylic acids is 2. The summed E-state index contributed by atoms with van der Waals surface area (Å²) >= 11 is 6.09. The Morgan fingerprint density at radius 3 is 2.44 bits per heavy atom. The van der Waals surface area contributed by atoms with Crippen LogP contribution in [-0.2, 0) is 30.7 Å². The molecule has 18 heteroatoms. The molecule has 2 fully saturated rings. The van der Waals surface area contributed by atoms with E-state index in [1.54, 1.807) is 11.8 Å². The smallest absolute Gasteiger partial charge is 0.429 e. The molecule has 2 aromatic carbocycles. The maximum atomic E-state index is 14.7. The van der Waals surface area contributed by atoms with Crippen LogP contribution in [0.2, 0.25) is 5.02 Å². The Morgan fingerprint density at radius 2 is 1.81 bits per heavy atom. The zero-order valence-corrected chi connectivity index (χ0v) is 31.3. The number of piperidine rings is 1. The number of benzene rings is 2. The minimum Gasteiger partial charge on any atom is -0.464 e. The molecule has 0 bridgehead atoms. The number of aromatic nitrogens is 2. The number of carbonyl (C=O) groups is 2. The number of hydrogen-bond acceptors (Lipinski definition) is 12. The molecular formula is C36H40ClF3N6O7S. The van der Waals surface area contributed by atoms with Gasteiger partial charge in [-0.2, -0.15) is 18.2 Å². The topological polar surface area (TPSA) is 164 Å². The lowest BCUT2D eigenvalue weighted by Crippen LogP contribution is -2.43. The first-order valence-corrected chi connectivity index (χ1v) is 19.2. The van der Waals surface area contributed by atoms with Crippen LogP contribution in [0.15, 0.2) is 72.0 Å². The standard InChI is InChI=1S/C36H40ClF3N6O7S/c1-4-51-32(47)28-20-35(22-46(28)34(48)52-21-24-8-6-5-7-9-24)13-16-45(17-14-35)29-19-30(44-33(43-29)54(3,49)50)53-31(36(38,39)40)26-11-10-25(37)18-27(26)42-15-12-23(2)41/h5-12,15,18-19,28,31,41-42H,4,13-14,16-17,20-22H2,1-3H3/b15-12-,41-23?/t28?,31-/m1/s1. The number of nitrogens with zero attached hydrogens (tertiary/aromatic N) is 4. The van der Waals surface area contributed by atoms with E-state index >= 15 is 0 Å². The molecule has 2 aliphatic rings. The first-order valence-electron chi connectivity index (χ1n) is 17.0. The molecule has 1 unspecified atom stereocenters. The summed E-state index contributed by atoms with van der Waals surface area (Å²) in [5, 5.41) is 9.66. The summed E-state index contributed by atoms with van der Waals surface area (Å²) < 4.78 is 85.7. The van der Waals surface area contributed by atoms with E-state index in [-0.39, 0.29) is 60.7 Å². The second-order valence-electron chi connectivity index (χ2n) is 13.2. The first kappa shape index (κ1) is 40.3. The molecule has 5 rings (SSSR count). The van der Waals surface area contributed by atoms with Crippen molar-refractivity contribution in [3.8, 4) is 5.88 Å². The SMILES string of the molecule is CCOC(=O)C1CC2(CCN(c3cc(O[C@H](c4ccc(Cl)cc4N/C=C\C(C)=N)C(F)(F)F)nc(S(C)(=O)=O)n3)CC2)CN1C(=O)OCc1ccccc1. The van der Waals surface area contributed by atoms with Crippen molar-refractivity contribution >= 4 is 50.7 Å². The largest absolute Gasteiger partial charge is 0.464 e. The van der Waals surface area contributed by atoms with Crippen LogP contribution in [-0.4, -0.2) is 85.8 Å². The van der Waals surface area contributed by atoms with E-state index < -0.39 is 56.7 Å². The molecule has 1 aromatic heterocycles. The van der Waals surface area contributed by atoms with Crippen LogP contribution in [0.4, 0.5) is 29.5 Å². The Hall–Kier alpha value is -4.90.